The van der Waals surface area contributed by atoms with E-state index in [0.717, 1.165) is 43.3 Å². The normalized spacial score (nSPS) is 14.5. The predicted molar refractivity (Wildman–Crippen MR) is 98.7 cm³/mol. The van der Waals surface area contributed by atoms with E-state index in [-0.39, 0.29) is 0 Å². The van der Waals surface area contributed by atoms with Crippen LogP contribution >= 0.6 is 11.6 Å². The molecule has 0 fully saturated rings. The number of hydrogen-bond donors (Lipinski definition) is 2. The van der Waals surface area contributed by atoms with Crippen molar-refractivity contribution in [1.29, 1.82) is 0 Å². The summed E-state index contributed by atoms with van der Waals surface area (Å²) in [4.78, 5) is 7.94. The van der Waals surface area contributed by atoms with Gasteiger partial charge in [-0.3, -0.25) is 0 Å². The van der Waals surface area contributed by atoms with Crippen molar-refractivity contribution < 1.29 is 0 Å². The van der Waals surface area contributed by atoms with Gasteiger partial charge in [0.25, 0.3) is 0 Å². The van der Waals surface area contributed by atoms with Gasteiger partial charge >= 0.3 is 0 Å². The second kappa shape index (κ2) is 6.26. The molecule has 0 bridgehead atoms. The van der Waals surface area contributed by atoms with Gasteiger partial charge in [0.05, 0.1) is 0 Å². The van der Waals surface area contributed by atoms with Gasteiger partial charge in [-0.1, -0.05) is 25.4 Å². The van der Waals surface area contributed by atoms with Crippen LogP contribution in [0.3, 0.4) is 0 Å². The Morgan fingerprint density at radius 3 is 3.00 bits per heavy atom. The molecule has 3 heterocycles. The van der Waals surface area contributed by atoms with Crippen molar-refractivity contribution in [2.45, 2.75) is 45.7 Å². The van der Waals surface area contributed by atoms with Crippen molar-refractivity contribution in [3.8, 4) is 0 Å². The third kappa shape index (κ3) is 2.74. The van der Waals surface area contributed by atoms with E-state index in [9.17, 15) is 0 Å². The largest absolute Gasteiger partial charge is 0.346 e. The summed E-state index contributed by atoms with van der Waals surface area (Å²) >= 11 is 6.23. The number of aromatic nitrogens is 3. The van der Waals surface area contributed by atoms with Crippen LogP contribution in [0.4, 0.5) is 0 Å². The Balaban J connectivity index is 1.68. The number of nitrogens with zero attached hydrogens (tertiary/aromatic N) is 2. The molecule has 3 aromatic rings. The molecule has 0 aliphatic carbocycles. The van der Waals surface area contributed by atoms with Crippen molar-refractivity contribution in [3.63, 3.8) is 0 Å². The van der Waals surface area contributed by atoms with E-state index < -0.39 is 0 Å². The van der Waals surface area contributed by atoms with Gasteiger partial charge in [-0.25, -0.2) is 4.98 Å². The summed E-state index contributed by atoms with van der Waals surface area (Å²) in [6, 6.07) is 6.25. The maximum absolute atomic E-state index is 6.23. The molecular weight excluding hydrogens is 320 g/mol. The summed E-state index contributed by atoms with van der Waals surface area (Å²) in [5.41, 5.74) is 5.36. The molecule has 1 aliphatic heterocycles. The lowest BCUT2D eigenvalue weighted by atomic mass is 10.1. The number of nitrogens with one attached hydrogen (secondary N) is 2. The fraction of sp³-hybridized carbons (Fsp3) is 0.421. The van der Waals surface area contributed by atoms with Crippen LogP contribution < -0.4 is 5.32 Å². The molecule has 1 aromatic carbocycles. The molecule has 4 nitrogen and oxygen atoms in total. The number of aromatic amines is 1. The van der Waals surface area contributed by atoms with E-state index in [1.807, 2.05) is 12.3 Å². The minimum atomic E-state index is 0.437. The van der Waals surface area contributed by atoms with E-state index >= 15 is 0 Å². The number of halogens is 1. The number of aryl methyl sites for hydroxylation is 2. The lowest BCUT2D eigenvalue weighted by Crippen LogP contribution is -2.24. The van der Waals surface area contributed by atoms with Gasteiger partial charge in [-0.2, -0.15) is 0 Å². The SMILES string of the molecule is CC(C)c1ncc(CCn2c3c(c4cc(Cl)ccc42)CNCC3)[nH]1. The number of imidazole rings is 1. The summed E-state index contributed by atoms with van der Waals surface area (Å²) in [6.45, 7) is 7.26. The summed E-state index contributed by atoms with van der Waals surface area (Å²) in [7, 11) is 0. The molecule has 2 N–H and O–H groups in total. The molecular formula is C19H23ClN4. The van der Waals surface area contributed by atoms with Crippen LogP contribution in [0.5, 0.6) is 0 Å². The molecule has 0 unspecified atom stereocenters. The van der Waals surface area contributed by atoms with Crippen LogP contribution in [0.1, 0.15) is 42.5 Å². The first kappa shape index (κ1) is 15.7. The molecule has 2 aromatic heterocycles. The standard InChI is InChI=1S/C19H23ClN4/c1-12(2)19-22-10-14(23-19)6-8-24-17-4-3-13(20)9-15(17)16-11-21-7-5-18(16)24/h3-4,9-10,12,21H,5-8,11H2,1-2H3,(H,22,23). The Labute approximate surface area is 147 Å². The van der Waals surface area contributed by atoms with E-state index in [1.54, 1.807) is 0 Å². The molecule has 0 amide bonds. The second-order valence-corrected chi connectivity index (χ2v) is 7.30. The highest BCUT2D eigenvalue weighted by Gasteiger charge is 2.20. The Hall–Kier alpha value is -1.78. The molecule has 126 valence electrons. The van der Waals surface area contributed by atoms with Gasteiger partial charge in [0.2, 0.25) is 0 Å². The zero-order valence-corrected chi connectivity index (χ0v) is 15.0. The highest BCUT2D eigenvalue weighted by molar-refractivity contribution is 6.31. The van der Waals surface area contributed by atoms with E-state index in [4.69, 9.17) is 11.6 Å². The highest BCUT2D eigenvalue weighted by Crippen LogP contribution is 2.31. The van der Waals surface area contributed by atoms with Crippen molar-refractivity contribution in [2.24, 2.45) is 0 Å². The third-order valence-electron chi connectivity index (χ3n) is 4.89. The quantitative estimate of drug-likeness (QED) is 0.752. The lowest BCUT2D eigenvalue weighted by molar-refractivity contribution is 0.592. The Bertz CT molecular complexity index is 875. The van der Waals surface area contributed by atoms with Gasteiger partial charge in [-0.15, -0.1) is 0 Å². The van der Waals surface area contributed by atoms with Crippen LogP contribution in [-0.2, 0) is 25.9 Å². The first-order valence-corrected chi connectivity index (χ1v) is 9.05. The number of fused-ring (bicyclic) bond motifs is 3. The van der Waals surface area contributed by atoms with E-state index in [0.29, 0.717) is 5.92 Å². The average Bonchev–Trinajstić information content (AvgIpc) is 3.16. The molecule has 0 atom stereocenters. The number of H-pyrrole nitrogens is 1. The number of rotatable bonds is 4. The van der Waals surface area contributed by atoms with Crippen LogP contribution in [0.15, 0.2) is 24.4 Å². The summed E-state index contributed by atoms with van der Waals surface area (Å²) in [5, 5.41) is 5.58. The molecule has 5 heteroatoms. The smallest absolute Gasteiger partial charge is 0.108 e. The predicted octanol–water partition coefficient (Wildman–Crippen LogP) is 4.03. The molecule has 0 saturated heterocycles. The zero-order chi connectivity index (χ0) is 16.7. The van der Waals surface area contributed by atoms with Gasteiger partial charge < -0.3 is 14.9 Å². The van der Waals surface area contributed by atoms with Gasteiger partial charge in [-0.05, 0) is 23.8 Å². The van der Waals surface area contributed by atoms with E-state index in [1.165, 1.54) is 27.9 Å². The first-order valence-electron chi connectivity index (χ1n) is 8.67. The molecule has 0 radical (unpaired) electrons. The van der Waals surface area contributed by atoms with Crippen molar-refractivity contribution in [1.82, 2.24) is 19.9 Å². The molecule has 1 aliphatic rings. The van der Waals surface area contributed by atoms with Crippen molar-refractivity contribution in [2.75, 3.05) is 6.54 Å². The van der Waals surface area contributed by atoms with Crippen LogP contribution in [0, 0.1) is 0 Å². The summed E-state index contributed by atoms with van der Waals surface area (Å²) in [5.74, 6) is 1.51. The van der Waals surface area contributed by atoms with Crippen LogP contribution in [-0.4, -0.2) is 21.1 Å². The van der Waals surface area contributed by atoms with Gasteiger partial charge in [0.15, 0.2) is 0 Å². The highest BCUT2D eigenvalue weighted by atomic mass is 35.5. The topological polar surface area (TPSA) is 45.6 Å². The van der Waals surface area contributed by atoms with Crippen molar-refractivity contribution >= 4 is 22.5 Å². The summed E-state index contributed by atoms with van der Waals surface area (Å²) in [6.07, 6.45) is 4.01. The minimum Gasteiger partial charge on any atom is -0.346 e. The monoisotopic (exact) mass is 342 g/mol. The zero-order valence-electron chi connectivity index (χ0n) is 14.2. The third-order valence-corrected chi connectivity index (χ3v) is 5.12. The van der Waals surface area contributed by atoms with Gasteiger partial charge in [0.1, 0.15) is 5.82 Å². The Kier molecular flexibility index (Phi) is 4.10. The first-order chi connectivity index (χ1) is 11.6. The fourth-order valence-corrected chi connectivity index (χ4v) is 3.81. The lowest BCUT2D eigenvalue weighted by Gasteiger charge is -2.17. The molecule has 0 saturated carbocycles. The molecule has 0 spiro atoms. The molecule has 24 heavy (non-hydrogen) atoms. The maximum atomic E-state index is 6.23. The number of benzene rings is 1. The Morgan fingerprint density at radius 2 is 2.21 bits per heavy atom. The summed E-state index contributed by atoms with van der Waals surface area (Å²) < 4.78 is 2.47. The van der Waals surface area contributed by atoms with E-state index in [2.05, 4.69) is 45.8 Å². The van der Waals surface area contributed by atoms with Gasteiger partial charge in [0, 0.05) is 71.9 Å². The van der Waals surface area contributed by atoms with Crippen LogP contribution in [0.25, 0.3) is 10.9 Å². The Morgan fingerprint density at radius 1 is 1.33 bits per heavy atom. The minimum absolute atomic E-state index is 0.437. The van der Waals surface area contributed by atoms with Crippen LogP contribution in [0.2, 0.25) is 5.02 Å². The number of hydrogen-bond acceptors (Lipinski definition) is 2. The maximum Gasteiger partial charge on any atom is 0.108 e. The fourth-order valence-electron chi connectivity index (χ4n) is 3.64. The second-order valence-electron chi connectivity index (χ2n) is 6.86. The van der Waals surface area contributed by atoms with Crippen molar-refractivity contribution in [3.05, 3.63) is 52.2 Å². The molecule has 4 rings (SSSR count). The average molecular weight is 343 g/mol.